The van der Waals surface area contributed by atoms with Crippen LogP contribution in [0.2, 0.25) is 0 Å². The highest BCUT2D eigenvalue weighted by Crippen LogP contribution is 2.20. The van der Waals surface area contributed by atoms with Gasteiger partial charge >= 0.3 is 0 Å². The van der Waals surface area contributed by atoms with E-state index in [9.17, 15) is 19.8 Å². The Morgan fingerprint density at radius 1 is 0.611 bits per heavy atom. The van der Waals surface area contributed by atoms with Gasteiger partial charge in [0.2, 0.25) is 0 Å². The molecule has 1 unspecified atom stereocenters. The van der Waals surface area contributed by atoms with Crippen LogP contribution in [0.5, 0.6) is 0 Å². The molecule has 0 rings (SSSR count). The molecule has 5 heteroatoms. The Balaban J connectivity index is 3.53. The van der Waals surface area contributed by atoms with Crippen molar-refractivity contribution in [1.82, 2.24) is 0 Å². The number of nitrogens with zero attached hydrogens (tertiary/aromatic N) is 1. The van der Waals surface area contributed by atoms with Crippen molar-refractivity contribution in [2.24, 2.45) is 0 Å². The van der Waals surface area contributed by atoms with Gasteiger partial charge in [-0.15, -0.1) is 0 Å². The van der Waals surface area contributed by atoms with E-state index in [-0.39, 0.29) is 18.7 Å². The van der Waals surface area contributed by atoms with Gasteiger partial charge in [-0.25, -0.2) is 0 Å². The SMILES string of the molecule is CCCCCCCCCCCCCCCCCCCCCCCC(=O)C(O)(CC(=O)[O-])C[N+](C)(C)C. The third-order valence-electron chi connectivity index (χ3n) is 7.20. The number of carboxylic acids is 1. The number of carbonyl (C=O) groups is 2. The van der Waals surface area contributed by atoms with E-state index in [0.717, 1.165) is 12.8 Å². The Morgan fingerprint density at radius 2 is 0.917 bits per heavy atom. The summed E-state index contributed by atoms with van der Waals surface area (Å²) in [5, 5.41) is 21.7. The molecule has 0 saturated carbocycles. The molecule has 36 heavy (non-hydrogen) atoms. The Labute approximate surface area is 224 Å². The molecule has 0 aliphatic carbocycles. The summed E-state index contributed by atoms with van der Waals surface area (Å²) in [5.41, 5.74) is -1.83. The predicted molar refractivity (Wildman–Crippen MR) is 150 cm³/mol. The van der Waals surface area contributed by atoms with Crippen molar-refractivity contribution in [2.45, 2.75) is 160 Å². The summed E-state index contributed by atoms with van der Waals surface area (Å²) < 4.78 is 0.328. The lowest BCUT2D eigenvalue weighted by Gasteiger charge is -2.34. The quantitative estimate of drug-likeness (QED) is 0.0979. The number of aliphatic hydroxyl groups is 1. The fraction of sp³-hybridized carbons (Fsp3) is 0.935. The van der Waals surface area contributed by atoms with Crippen molar-refractivity contribution in [2.75, 3.05) is 27.7 Å². The van der Waals surface area contributed by atoms with Crippen LogP contribution in [0.25, 0.3) is 0 Å². The van der Waals surface area contributed by atoms with Crippen LogP contribution in [0.4, 0.5) is 0 Å². The lowest BCUT2D eigenvalue weighted by molar-refractivity contribution is -0.875. The number of likely N-dealkylation sites (N-methyl/N-ethyl adjacent to an activating group) is 1. The van der Waals surface area contributed by atoms with Gasteiger partial charge in [-0.2, -0.15) is 0 Å². The number of rotatable bonds is 27. The van der Waals surface area contributed by atoms with Crippen LogP contribution in [0, 0.1) is 0 Å². The smallest absolute Gasteiger partial charge is 0.177 e. The third kappa shape index (κ3) is 22.3. The molecule has 0 radical (unpaired) electrons. The topological polar surface area (TPSA) is 77.4 Å². The first-order valence-electron chi connectivity index (χ1n) is 15.4. The van der Waals surface area contributed by atoms with E-state index >= 15 is 0 Å². The number of aliphatic carboxylic acids is 1. The maximum atomic E-state index is 12.5. The normalized spacial score (nSPS) is 13.6. The van der Waals surface area contributed by atoms with Gasteiger partial charge in [0.25, 0.3) is 0 Å². The number of unbranched alkanes of at least 4 members (excludes halogenated alkanes) is 20. The summed E-state index contributed by atoms with van der Waals surface area (Å²) in [6, 6.07) is 0. The molecule has 5 nitrogen and oxygen atoms in total. The standard InChI is InChI=1S/C31H61NO4/c1-5-6-7-8-9-10-11-12-13-14-15-16-17-18-19-20-21-22-23-24-25-26-29(33)31(36,27-30(34)35)28-32(2,3)4/h36H,5-28H2,1-4H3. The largest absolute Gasteiger partial charge is 0.550 e. The summed E-state index contributed by atoms with van der Waals surface area (Å²) >= 11 is 0. The van der Waals surface area contributed by atoms with Crippen molar-refractivity contribution in [1.29, 1.82) is 0 Å². The minimum atomic E-state index is -1.83. The van der Waals surface area contributed by atoms with Gasteiger partial charge in [0.05, 0.1) is 21.1 Å². The average Bonchev–Trinajstić information content (AvgIpc) is 2.78. The number of hydrogen-bond acceptors (Lipinski definition) is 4. The highest BCUT2D eigenvalue weighted by atomic mass is 16.4. The monoisotopic (exact) mass is 511 g/mol. The fourth-order valence-corrected chi connectivity index (χ4v) is 5.22. The van der Waals surface area contributed by atoms with Crippen LogP contribution in [0.1, 0.15) is 155 Å². The van der Waals surface area contributed by atoms with Crippen LogP contribution in [-0.4, -0.2) is 54.6 Å². The number of Topliss-reactive ketones (excluding diaryl/α,β-unsaturated/α-hetero) is 1. The van der Waals surface area contributed by atoms with Gasteiger partial charge < -0.3 is 19.5 Å². The Kier molecular flexibility index (Phi) is 21.5. The molecule has 0 heterocycles. The molecular formula is C31H61NO4. The van der Waals surface area contributed by atoms with Gasteiger partial charge in [0, 0.05) is 18.8 Å². The second kappa shape index (κ2) is 22.1. The summed E-state index contributed by atoms with van der Waals surface area (Å²) in [7, 11) is 5.52. The van der Waals surface area contributed by atoms with E-state index in [0.29, 0.717) is 10.9 Å². The number of ketones is 1. The minimum absolute atomic E-state index is 0.0824. The molecule has 1 N–H and O–H groups in total. The number of carbonyl (C=O) groups excluding carboxylic acids is 2. The summed E-state index contributed by atoms with van der Waals surface area (Å²) in [5.74, 6) is -1.74. The molecule has 1 atom stereocenters. The second-order valence-corrected chi connectivity index (χ2v) is 12.3. The van der Waals surface area contributed by atoms with E-state index in [1.807, 2.05) is 21.1 Å². The fourth-order valence-electron chi connectivity index (χ4n) is 5.22. The number of carboxylic acid groups (broad SMARTS) is 1. The first kappa shape index (κ1) is 35.1. The van der Waals surface area contributed by atoms with E-state index in [2.05, 4.69) is 6.92 Å². The van der Waals surface area contributed by atoms with Crippen molar-refractivity contribution in [3.05, 3.63) is 0 Å². The van der Waals surface area contributed by atoms with Gasteiger partial charge in [0.15, 0.2) is 11.4 Å². The molecule has 0 aromatic carbocycles. The van der Waals surface area contributed by atoms with E-state index in [4.69, 9.17) is 0 Å². The molecular weight excluding hydrogens is 450 g/mol. The molecule has 0 aliphatic heterocycles. The molecule has 0 aliphatic rings. The van der Waals surface area contributed by atoms with Gasteiger partial charge in [-0.05, 0) is 6.42 Å². The summed E-state index contributed by atoms with van der Waals surface area (Å²) in [4.78, 5) is 23.6. The van der Waals surface area contributed by atoms with Crippen LogP contribution in [-0.2, 0) is 9.59 Å². The van der Waals surface area contributed by atoms with Crippen LogP contribution in [0.15, 0.2) is 0 Å². The summed E-state index contributed by atoms with van der Waals surface area (Å²) in [6.07, 6.45) is 27.2. The zero-order chi connectivity index (χ0) is 27.1. The highest BCUT2D eigenvalue weighted by Gasteiger charge is 2.40. The Bertz CT molecular complexity index is 543. The minimum Gasteiger partial charge on any atom is -0.550 e. The first-order valence-corrected chi connectivity index (χ1v) is 15.4. The molecule has 214 valence electrons. The van der Waals surface area contributed by atoms with Gasteiger partial charge in [0.1, 0.15) is 6.54 Å². The van der Waals surface area contributed by atoms with Gasteiger partial charge in [-0.1, -0.05) is 135 Å². The molecule has 0 fully saturated rings. The Morgan fingerprint density at radius 3 is 1.19 bits per heavy atom. The third-order valence-corrected chi connectivity index (χ3v) is 7.20. The predicted octanol–water partition coefficient (Wildman–Crippen LogP) is 6.73. The highest BCUT2D eigenvalue weighted by molar-refractivity contribution is 5.90. The van der Waals surface area contributed by atoms with E-state index in [1.54, 1.807) is 0 Å². The summed E-state index contributed by atoms with van der Waals surface area (Å²) in [6.45, 7) is 2.36. The lowest BCUT2D eigenvalue weighted by Crippen LogP contribution is -2.56. The van der Waals surface area contributed by atoms with Crippen molar-refractivity contribution in [3.8, 4) is 0 Å². The van der Waals surface area contributed by atoms with Gasteiger partial charge in [-0.3, -0.25) is 4.79 Å². The molecule has 0 aromatic rings. The zero-order valence-electron chi connectivity index (χ0n) is 24.6. The number of hydrogen-bond donors (Lipinski definition) is 1. The zero-order valence-corrected chi connectivity index (χ0v) is 24.6. The van der Waals surface area contributed by atoms with Crippen LogP contribution < -0.4 is 5.11 Å². The molecule has 0 bridgehead atoms. The maximum Gasteiger partial charge on any atom is 0.177 e. The lowest BCUT2D eigenvalue weighted by atomic mass is 9.89. The molecule has 0 aromatic heterocycles. The van der Waals surface area contributed by atoms with Crippen molar-refractivity contribution in [3.63, 3.8) is 0 Å². The molecule has 0 spiro atoms. The van der Waals surface area contributed by atoms with Crippen molar-refractivity contribution >= 4 is 11.8 Å². The van der Waals surface area contributed by atoms with E-state index < -0.39 is 18.0 Å². The molecule has 0 amide bonds. The van der Waals surface area contributed by atoms with Crippen molar-refractivity contribution < 1.29 is 24.3 Å². The Hall–Kier alpha value is -0.940. The van der Waals surface area contributed by atoms with Crippen LogP contribution >= 0.6 is 0 Å². The average molecular weight is 512 g/mol. The second-order valence-electron chi connectivity index (χ2n) is 12.3. The maximum absolute atomic E-state index is 12.5. The van der Waals surface area contributed by atoms with Crippen LogP contribution in [0.3, 0.4) is 0 Å². The number of quaternary nitrogens is 1. The first-order chi connectivity index (χ1) is 17.1. The van der Waals surface area contributed by atoms with E-state index in [1.165, 1.54) is 116 Å². The molecule has 0 saturated heterocycles.